The SMILES string of the molecule is CC(C)c1ccc([C@@H](C)[C@@H](C)c2ccc(C(C)C)cc2)cc1. The number of hydrogen-bond acceptors (Lipinski definition) is 0. The van der Waals surface area contributed by atoms with Gasteiger partial charge in [0.15, 0.2) is 0 Å². The van der Waals surface area contributed by atoms with Gasteiger partial charge in [-0.25, -0.2) is 0 Å². The molecule has 2 atom stereocenters. The molecule has 0 aliphatic heterocycles. The Bertz CT molecular complexity index is 517. The van der Waals surface area contributed by atoms with Gasteiger partial charge in [0, 0.05) is 0 Å². The summed E-state index contributed by atoms with van der Waals surface area (Å²) in [5.74, 6) is 2.27. The van der Waals surface area contributed by atoms with E-state index in [1.165, 1.54) is 22.3 Å². The van der Waals surface area contributed by atoms with Gasteiger partial charge in [0.05, 0.1) is 0 Å². The third kappa shape index (κ3) is 3.80. The second kappa shape index (κ2) is 7.13. The average molecular weight is 294 g/mol. The van der Waals surface area contributed by atoms with Gasteiger partial charge in [0.25, 0.3) is 0 Å². The minimum absolute atomic E-state index is 0.533. The van der Waals surface area contributed by atoms with Crippen LogP contribution in [0, 0.1) is 0 Å². The first-order valence-electron chi connectivity index (χ1n) is 8.59. The molecule has 22 heavy (non-hydrogen) atoms. The minimum Gasteiger partial charge on any atom is -0.0587 e. The van der Waals surface area contributed by atoms with E-state index in [-0.39, 0.29) is 0 Å². The summed E-state index contributed by atoms with van der Waals surface area (Å²) >= 11 is 0. The van der Waals surface area contributed by atoms with Gasteiger partial charge in [-0.15, -0.1) is 0 Å². The zero-order valence-corrected chi connectivity index (χ0v) is 14.9. The largest absolute Gasteiger partial charge is 0.0587 e. The topological polar surface area (TPSA) is 0 Å². The number of rotatable bonds is 5. The Morgan fingerprint density at radius 2 is 0.636 bits per heavy atom. The Morgan fingerprint density at radius 3 is 0.864 bits per heavy atom. The molecule has 0 aliphatic rings. The molecular formula is C22H30. The van der Waals surface area contributed by atoms with Crippen molar-refractivity contribution in [3.8, 4) is 0 Å². The lowest BCUT2D eigenvalue weighted by atomic mass is 9.83. The summed E-state index contributed by atoms with van der Waals surface area (Å²) in [6, 6.07) is 18.3. The number of benzene rings is 2. The minimum atomic E-state index is 0.533. The third-order valence-corrected chi connectivity index (χ3v) is 5.01. The molecule has 2 aromatic carbocycles. The molecular weight excluding hydrogens is 264 g/mol. The summed E-state index contributed by atoms with van der Waals surface area (Å²) in [6.07, 6.45) is 0. The molecule has 2 rings (SSSR count). The zero-order chi connectivity index (χ0) is 16.3. The van der Waals surface area contributed by atoms with Crippen LogP contribution in [0.2, 0.25) is 0 Å². The molecule has 0 heteroatoms. The van der Waals surface area contributed by atoms with Gasteiger partial charge in [-0.3, -0.25) is 0 Å². The monoisotopic (exact) mass is 294 g/mol. The van der Waals surface area contributed by atoms with Crippen molar-refractivity contribution in [2.24, 2.45) is 0 Å². The highest BCUT2D eigenvalue weighted by Gasteiger charge is 2.16. The second-order valence-electron chi connectivity index (χ2n) is 7.22. The smallest absolute Gasteiger partial charge is 0.0124 e. The van der Waals surface area contributed by atoms with E-state index in [4.69, 9.17) is 0 Å². The molecule has 0 nitrogen and oxygen atoms in total. The highest BCUT2D eigenvalue weighted by Crippen LogP contribution is 2.33. The van der Waals surface area contributed by atoms with Crippen molar-refractivity contribution in [3.05, 3.63) is 70.8 Å². The van der Waals surface area contributed by atoms with E-state index in [1.54, 1.807) is 0 Å². The molecule has 0 fully saturated rings. The first-order valence-corrected chi connectivity index (χ1v) is 8.59. The maximum absolute atomic E-state index is 2.34. The van der Waals surface area contributed by atoms with E-state index in [9.17, 15) is 0 Å². The maximum Gasteiger partial charge on any atom is -0.0124 e. The van der Waals surface area contributed by atoms with E-state index in [1.807, 2.05) is 0 Å². The van der Waals surface area contributed by atoms with Crippen LogP contribution in [0.1, 0.15) is 87.5 Å². The van der Waals surface area contributed by atoms with Crippen LogP contribution in [0.3, 0.4) is 0 Å². The van der Waals surface area contributed by atoms with Crippen molar-refractivity contribution in [1.82, 2.24) is 0 Å². The quantitative estimate of drug-likeness (QED) is 0.566. The van der Waals surface area contributed by atoms with Gasteiger partial charge < -0.3 is 0 Å². The molecule has 0 bridgehead atoms. The molecule has 0 spiro atoms. The van der Waals surface area contributed by atoms with E-state index in [0.29, 0.717) is 23.7 Å². The molecule has 0 N–H and O–H groups in total. The van der Waals surface area contributed by atoms with Crippen molar-refractivity contribution in [1.29, 1.82) is 0 Å². The van der Waals surface area contributed by atoms with Gasteiger partial charge in [0.2, 0.25) is 0 Å². The number of hydrogen-bond donors (Lipinski definition) is 0. The molecule has 0 aliphatic carbocycles. The summed E-state index contributed by atoms with van der Waals surface area (Å²) < 4.78 is 0. The summed E-state index contributed by atoms with van der Waals surface area (Å²) in [5, 5.41) is 0. The lowest BCUT2D eigenvalue weighted by molar-refractivity contribution is 0.622. The molecule has 0 saturated heterocycles. The van der Waals surface area contributed by atoms with Crippen LogP contribution in [0.25, 0.3) is 0 Å². The van der Waals surface area contributed by atoms with Crippen molar-refractivity contribution in [2.75, 3.05) is 0 Å². The average Bonchev–Trinajstić information content (AvgIpc) is 2.53. The third-order valence-electron chi connectivity index (χ3n) is 5.01. The molecule has 0 unspecified atom stereocenters. The van der Waals surface area contributed by atoms with Gasteiger partial charge in [-0.1, -0.05) is 90.1 Å². The molecule has 0 radical (unpaired) electrons. The zero-order valence-electron chi connectivity index (χ0n) is 14.9. The van der Waals surface area contributed by atoms with E-state index < -0.39 is 0 Å². The van der Waals surface area contributed by atoms with Crippen LogP contribution >= 0.6 is 0 Å². The summed E-state index contributed by atoms with van der Waals surface area (Å²) in [7, 11) is 0. The molecule has 0 saturated carbocycles. The molecule has 0 aromatic heterocycles. The van der Waals surface area contributed by atoms with Crippen LogP contribution in [0.4, 0.5) is 0 Å². The van der Waals surface area contributed by atoms with Crippen molar-refractivity contribution in [3.63, 3.8) is 0 Å². The fourth-order valence-corrected chi connectivity index (χ4v) is 2.95. The normalized spacial score (nSPS) is 14.4. The van der Waals surface area contributed by atoms with Crippen LogP contribution in [0.15, 0.2) is 48.5 Å². The predicted octanol–water partition coefficient (Wildman–Crippen LogP) is 6.84. The molecule has 0 amide bonds. The first kappa shape index (κ1) is 16.8. The Hall–Kier alpha value is -1.56. The van der Waals surface area contributed by atoms with Crippen LogP contribution in [-0.4, -0.2) is 0 Å². The Balaban J connectivity index is 2.15. The fraction of sp³-hybridized carbons (Fsp3) is 0.455. The molecule has 118 valence electrons. The van der Waals surface area contributed by atoms with Crippen LogP contribution < -0.4 is 0 Å². The lowest BCUT2D eigenvalue weighted by Gasteiger charge is -2.22. The van der Waals surface area contributed by atoms with E-state index >= 15 is 0 Å². The summed E-state index contributed by atoms with van der Waals surface area (Å²) in [5.41, 5.74) is 5.71. The fourth-order valence-electron chi connectivity index (χ4n) is 2.95. The first-order chi connectivity index (χ1) is 10.4. The van der Waals surface area contributed by atoms with Gasteiger partial charge >= 0.3 is 0 Å². The van der Waals surface area contributed by atoms with Gasteiger partial charge in [-0.05, 0) is 45.9 Å². The Kier molecular flexibility index (Phi) is 5.45. The standard InChI is InChI=1S/C22H30/c1-15(2)19-7-11-21(12-8-19)17(5)18(6)22-13-9-20(10-14-22)16(3)4/h7-18H,1-6H3/t17-,18+. The van der Waals surface area contributed by atoms with Crippen molar-refractivity contribution >= 4 is 0 Å². The highest BCUT2D eigenvalue weighted by atomic mass is 14.2. The van der Waals surface area contributed by atoms with Crippen molar-refractivity contribution < 1.29 is 0 Å². The van der Waals surface area contributed by atoms with Crippen LogP contribution in [0.5, 0.6) is 0 Å². The molecule has 2 aromatic rings. The summed E-state index contributed by atoms with van der Waals surface area (Å²) in [4.78, 5) is 0. The lowest BCUT2D eigenvalue weighted by Crippen LogP contribution is -2.05. The van der Waals surface area contributed by atoms with Gasteiger partial charge in [0.1, 0.15) is 0 Å². The van der Waals surface area contributed by atoms with Gasteiger partial charge in [-0.2, -0.15) is 0 Å². The highest BCUT2D eigenvalue weighted by molar-refractivity contribution is 5.32. The Morgan fingerprint density at radius 1 is 0.409 bits per heavy atom. The van der Waals surface area contributed by atoms with E-state index in [0.717, 1.165) is 0 Å². The second-order valence-corrected chi connectivity index (χ2v) is 7.22. The maximum atomic E-state index is 2.34. The molecule has 0 heterocycles. The van der Waals surface area contributed by atoms with Crippen molar-refractivity contribution in [2.45, 2.75) is 65.2 Å². The van der Waals surface area contributed by atoms with Crippen LogP contribution in [-0.2, 0) is 0 Å². The predicted molar refractivity (Wildman–Crippen MR) is 97.9 cm³/mol. The summed E-state index contributed by atoms with van der Waals surface area (Å²) in [6.45, 7) is 13.7. The Labute approximate surface area is 136 Å². The van der Waals surface area contributed by atoms with E-state index in [2.05, 4.69) is 90.1 Å².